The molecule has 4 heteroatoms. The fourth-order valence-corrected chi connectivity index (χ4v) is 3.00. The van der Waals surface area contributed by atoms with Crippen LogP contribution in [0.25, 0.3) is 0 Å². The fourth-order valence-electron chi connectivity index (χ4n) is 2.73. The highest BCUT2D eigenvalue weighted by Gasteiger charge is 2.34. The SMILES string of the molecule is COC(=O)[C@H]1CCC[C@@H]1CC(=O)c1ccc(Br)cc1. The molecule has 1 aliphatic carbocycles. The van der Waals surface area contributed by atoms with E-state index in [1.54, 1.807) is 0 Å². The Balaban J connectivity index is 2.02. The Morgan fingerprint density at radius 1 is 1.26 bits per heavy atom. The number of ether oxygens (including phenoxy) is 1. The highest BCUT2D eigenvalue weighted by atomic mass is 79.9. The van der Waals surface area contributed by atoms with Crippen LogP contribution >= 0.6 is 15.9 Å². The summed E-state index contributed by atoms with van der Waals surface area (Å²) < 4.78 is 5.77. The van der Waals surface area contributed by atoms with E-state index in [0.717, 1.165) is 23.7 Å². The Kier molecular flexibility index (Phi) is 4.75. The third kappa shape index (κ3) is 3.44. The number of halogens is 1. The quantitative estimate of drug-likeness (QED) is 0.627. The molecule has 1 aromatic carbocycles. The maximum atomic E-state index is 12.2. The summed E-state index contributed by atoms with van der Waals surface area (Å²) in [5.41, 5.74) is 0.707. The Morgan fingerprint density at radius 2 is 1.95 bits per heavy atom. The largest absolute Gasteiger partial charge is 0.469 e. The van der Waals surface area contributed by atoms with Crippen LogP contribution in [0.3, 0.4) is 0 Å². The zero-order valence-corrected chi connectivity index (χ0v) is 12.5. The van der Waals surface area contributed by atoms with Crippen molar-refractivity contribution in [1.29, 1.82) is 0 Å². The molecule has 0 unspecified atom stereocenters. The third-order valence-corrected chi connectivity index (χ3v) is 4.31. The Morgan fingerprint density at radius 3 is 2.58 bits per heavy atom. The molecule has 1 aliphatic rings. The molecule has 19 heavy (non-hydrogen) atoms. The molecule has 0 spiro atoms. The van der Waals surface area contributed by atoms with E-state index in [-0.39, 0.29) is 23.6 Å². The number of esters is 1. The van der Waals surface area contributed by atoms with Crippen molar-refractivity contribution in [2.45, 2.75) is 25.7 Å². The maximum Gasteiger partial charge on any atom is 0.308 e. The van der Waals surface area contributed by atoms with E-state index in [9.17, 15) is 9.59 Å². The molecule has 0 heterocycles. The van der Waals surface area contributed by atoms with Gasteiger partial charge in [0.1, 0.15) is 0 Å². The number of rotatable bonds is 4. The van der Waals surface area contributed by atoms with Crippen LogP contribution in [0.5, 0.6) is 0 Å². The summed E-state index contributed by atoms with van der Waals surface area (Å²) in [4.78, 5) is 23.8. The van der Waals surface area contributed by atoms with Gasteiger partial charge in [-0.3, -0.25) is 9.59 Å². The molecule has 1 saturated carbocycles. The van der Waals surface area contributed by atoms with Crippen molar-refractivity contribution in [2.75, 3.05) is 7.11 Å². The molecular weight excluding hydrogens is 308 g/mol. The van der Waals surface area contributed by atoms with Gasteiger partial charge in [-0.2, -0.15) is 0 Å². The number of carbonyl (C=O) groups excluding carboxylic acids is 2. The van der Waals surface area contributed by atoms with Gasteiger partial charge in [-0.05, 0) is 30.9 Å². The lowest BCUT2D eigenvalue weighted by Crippen LogP contribution is -2.22. The first-order valence-corrected chi connectivity index (χ1v) is 7.27. The minimum absolute atomic E-state index is 0.105. The number of benzene rings is 1. The molecule has 0 aromatic heterocycles. The topological polar surface area (TPSA) is 43.4 Å². The summed E-state index contributed by atoms with van der Waals surface area (Å²) >= 11 is 3.35. The van der Waals surface area contributed by atoms with Gasteiger partial charge in [0.15, 0.2) is 5.78 Å². The molecule has 0 bridgehead atoms. The van der Waals surface area contributed by atoms with E-state index in [1.807, 2.05) is 24.3 Å². The number of hydrogen-bond donors (Lipinski definition) is 0. The average Bonchev–Trinajstić information content (AvgIpc) is 2.86. The first-order valence-electron chi connectivity index (χ1n) is 6.48. The predicted molar refractivity (Wildman–Crippen MR) is 75.9 cm³/mol. The van der Waals surface area contributed by atoms with Gasteiger partial charge < -0.3 is 4.74 Å². The normalized spacial score (nSPS) is 22.2. The van der Waals surface area contributed by atoms with Gasteiger partial charge in [0.2, 0.25) is 0 Å². The molecular formula is C15H17BrO3. The van der Waals surface area contributed by atoms with Crippen LogP contribution in [-0.4, -0.2) is 18.9 Å². The van der Waals surface area contributed by atoms with Crippen LogP contribution in [0.1, 0.15) is 36.0 Å². The van der Waals surface area contributed by atoms with Gasteiger partial charge in [-0.25, -0.2) is 0 Å². The van der Waals surface area contributed by atoms with Crippen molar-refractivity contribution >= 4 is 27.7 Å². The second-order valence-electron chi connectivity index (χ2n) is 4.95. The highest BCUT2D eigenvalue weighted by molar-refractivity contribution is 9.10. The van der Waals surface area contributed by atoms with E-state index in [4.69, 9.17) is 4.74 Å². The molecule has 2 atom stereocenters. The van der Waals surface area contributed by atoms with Crippen molar-refractivity contribution in [2.24, 2.45) is 11.8 Å². The van der Waals surface area contributed by atoms with Gasteiger partial charge in [-0.15, -0.1) is 0 Å². The molecule has 2 rings (SSSR count). The summed E-state index contributed by atoms with van der Waals surface area (Å²) in [6, 6.07) is 7.35. The molecule has 102 valence electrons. The summed E-state index contributed by atoms with van der Waals surface area (Å²) in [6.07, 6.45) is 3.20. The minimum atomic E-state index is -0.175. The number of carbonyl (C=O) groups is 2. The molecule has 0 aliphatic heterocycles. The van der Waals surface area contributed by atoms with Gasteiger partial charge in [0.05, 0.1) is 13.0 Å². The highest BCUT2D eigenvalue weighted by Crippen LogP contribution is 2.35. The third-order valence-electron chi connectivity index (χ3n) is 3.78. The van der Waals surface area contributed by atoms with Crippen molar-refractivity contribution in [1.82, 2.24) is 0 Å². The van der Waals surface area contributed by atoms with Crippen LogP contribution in [0.4, 0.5) is 0 Å². The smallest absolute Gasteiger partial charge is 0.308 e. The molecule has 0 radical (unpaired) electrons. The summed E-state index contributed by atoms with van der Waals surface area (Å²) in [5, 5.41) is 0. The van der Waals surface area contributed by atoms with Gasteiger partial charge in [-0.1, -0.05) is 34.5 Å². The lowest BCUT2D eigenvalue weighted by molar-refractivity contribution is -0.146. The van der Waals surface area contributed by atoms with Crippen molar-refractivity contribution in [3.8, 4) is 0 Å². The molecule has 0 N–H and O–H groups in total. The number of ketones is 1. The summed E-state index contributed by atoms with van der Waals surface area (Å²) in [5.74, 6) is -0.0487. The second-order valence-corrected chi connectivity index (χ2v) is 5.87. The fraction of sp³-hybridized carbons (Fsp3) is 0.467. The van der Waals surface area contributed by atoms with Crippen LogP contribution in [-0.2, 0) is 9.53 Å². The van der Waals surface area contributed by atoms with Crippen molar-refractivity contribution in [3.05, 3.63) is 34.3 Å². The van der Waals surface area contributed by atoms with E-state index in [1.165, 1.54) is 7.11 Å². The van der Waals surface area contributed by atoms with E-state index >= 15 is 0 Å². The lowest BCUT2D eigenvalue weighted by atomic mass is 9.89. The van der Waals surface area contributed by atoms with Crippen LogP contribution in [0, 0.1) is 11.8 Å². The van der Waals surface area contributed by atoms with E-state index in [2.05, 4.69) is 15.9 Å². The van der Waals surface area contributed by atoms with Gasteiger partial charge in [0, 0.05) is 16.5 Å². The monoisotopic (exact) mass is 324 g/mol. The van der Waals surface area contributed by atoms with Gasteiger partial charge >= 0.3 is 5.97 Å². The number of hydrogen-bond acceptors (Lipinski definition) is 3. The maximum absolute atomic E-state index is 12.2. The molecule has 1 aromatic rings. The number of methoxy groups -OCH3 is 1. The first-order chi connectivity index (χ1) is 9.11. The molecule has 0 amide bonds. The Hall–Kier alpha value is -1.16. The van der Waals surface area contributed by atoms with E-state index < -0.39 is 0 Å². The minimum Gasteiger partial charge on any atom is -0.469 e. The van der Waals surface area contributed by atoms with Crippen LogP contribution in [0.2, 0.25) is 0 Å². The second kappa shape index (κ2) is 6.33. The van der Waals surface area contributed by atoms with E-state index in [0.29, 0.717) is 12.0 Å². The van der Waals surface area contributed by atoms with Crippen molar-refractivity contribution < 1.29 is 14.3 Å². The summed E-state index contributed by atoms with van der Waals surface area (Å²) in [7, 11) is 1.41. The zero-order chi connectivity index (χ0) is 13.8. The molecule has 0 saturated heterocycles. The molecule has 3 nitrogen and oxygen atoms in total. The number of Topliss-reactive ketones (excluding diaryl/α,β-unsaturated/α-hetero) is 1. The lowest BCUT2D eigenvalue weighted by Gasteiger charge is -2.16. The standard InChI is InChI=1S/C15H17BrO3/c1-19-15(18)13-4-2-3-11(13)9-14(17)10-5-7-12(16)8-6-10/h5-8,11,13H,2-4,9H2,1H3/t11-,13+/m1/s1. The first kappa shape index (κ1) is 14.3. The van der Waals surface area contributed by atoms with Crippen LogP contribution < -0.4 is 0 Å². The molecule has 1 fully saturated rings. The Bertz CT molecular complexity index is 467. The van der Waals surface area contributed by atoms with Crippen molar-refractivity contribution in [3.63, 3.8) is 0 Å². The Labute approximate surface area is 121 Å². The van der Waals surface area contributed by atoms with Gasteiger partial charge in [0.25, 0.3) is 0 Å². The average molecular weight is 325 g/mol. The summed E-state index contributed by atoms with van der Waals surface area (Å²) in [6.45, 7) is 0. The zero-order valence-electron chi connectivity index (χ0n) is 10.9. The van der Waals surface area contributed by atoms with Crippen LogP contribution in [0.15, 0.2) is 28.7 Å². The predicted octanol–water partition coefficient (Wildman–Crippen LogP) is 3.61.